The molecule has 0 spiro atoms. The van der Waals surface area contributed by atoms with Gasteiger partial charge in [-0.05, 0) is 25.9 Å². The number of carbonyl (C=O) groups excluding carboxylic acids is 1. The SMILES string of the molecule is CCCCN(CCCC)CCOC(=O)C(F)(F)C(F)(F)C(F)(F)C(F)(F)F. The van der Waals surface area contributed by atoms with Gasteiger partial charge in [0.1, 0.15) is 6.61 Å². The van der Waals surface area contributed by atoms with E-state index in [1.807, 2.05) is 13.8 Å². The van der Waals surface area contributed by atoms with Crippen LogP contribution in [0.15, 0.2) is 0 Å². The number of halogens is 9. The van der Waals surface area contributed by atoms with Gasteiger partial charge in [0.2, 0.25) is 0 Å². The molecular weight excluding hydrogens is 397 g/mol. The van der Waals surface area contributed by atoms with Crippen LogP contribution in [0.2, 0.25) is 0 Å². The van der Waals surface area contributed by atoms with Crippen molar-refractivity contribution >= 4 is 5.97 Å². The quantitative estimate of drug-likeness (QED) is 0.333. The van der Waals surface area contributed by atoms with Crippen LogP contribution in [0.5, 0.6) is 0 Å². The Morgan fingerprint density at radius 2 is 1.22 bits per heavy atom. The van der Waals surface area contributed by atoms with Gasteiger partial charge in [-0.3, -0.25) is 4.90 Å². The highest BCUT2D eigenvalue weighted by molar-refractivity contribution is 5.79. The van der Waals surface area contributed by atoms with E-state index in [9.17, 15) is 44.3 Å². The van der Waals surface area contributed by atoms with Crippen LogP contribution in [0.25, 0.3) is 0 Å². The number of nitrogens with zero attached hydrogens (tertiary/aromatic N) is 1. The Bertz CT molecular complexity index is 459. The zero-order valence-corrected chi connectivity index (χ0v) is 14.8. The molecule has 0 fully saturated rings. The van der Waals surface area contributed by atoms with Gasteiger partial charge >= 0.3 is 29.9 Å². The molecule has 0 saturated carbocycles. The second-order valence-electron chi connectivity index (χ2n) is 5.91. The second-order valence-corrected chi connectivity index (χ2v) is 5.91. The molecule has 0 saturated heterocycles. The molecule has 0 radical (unpaired) electrons. The summed E-state index contributed by atoms with van der Waals surface area (Å²) in [6.07, 6.45) is -3.97. The van der Waals surface area contributed by atoms with E-state index >= 15 is 0 Å². The monoisotopic (exact) mass is 419 g/mol. The Labute approximate surface area is 150 Å². The van der Waals surface area contributed by atoms with Gasteiger partial charge in [0, 0.05) is 6.54 Å². The number of ether oxygens (including phenoxy) is 1. The predicted octanol–water partition coefficient (Wildman–Crippen LogP) is 4.90. The zero-order valence-electron chi connectivity index (χ0n) is 14.8. The van der Waals surface area contributed by atoms with Gasteiger partial charge in [0.05, 0.1) is 0 Å². The van der Waals surface area contributed by atoms with E-state index < -0.39 is 36.5 Å². The standard InChI is InChI=1S/C15H22F9NO2/c1-3-5-7-25(8-6-4-2)9-10-27-11(26)12(16,17)13(18,19)14(20,21)15(22,23)24/h3-10H2,1-2H3. The average molecular weight is 419 g/mol. The minimum absolute atomic E-state index is 0.150. The first-order valence-electron chi connectivity index (χ1n) is 8.26. The lowest BCUT2D eigenvalue weighted by Crippen LogP contribution is -2.63. The second kappa shape index (κ2) is 9.83. The van der Waals surface area contributed by atoms with Crippen LogP contribution < -0.4 is 0 Å². The molecule has 0 aromatic heterocycles. The van der Waals surface area contributed by atoms with Crippen molar-refractivity contribution < 1.29 is 49.0 Å². The smallest absolute Gasteiger partial charge is 0.460 e. The molecule has 0 heterocycles. The number of unbranched alkanes of at least 4 members (excludes halogenated alkanes) is 2. The lowest BCUT2D eigenvalue weighted by molar-refractivity contribution is -0.390. The summed E-state index contributed by atoms with van der Waals surface area (Å²) in [7, 11) is 0. The molecule has 0 atom stereocenters. The maximum absolute atomic E-state index is 13.3. The summed E-state index contributed by atoms with van der Waals surface area (Å²) in [6, 6.07) is 0. The summed E-state index contributed by atoms with van der Waals surface area (Å²) in [4.78, 5) is 12.8. The number of alkyl halides is 9. The Kier molecular flexibility index (Phi) is 9.39. The van der Waals surface area contributed by atoms with Crippen molar-refractivity contribution in [3.8, 4) is 0 Å². The van der Waals surface area contributed by atoms with E-state index in [1.165, 1.54) is 0 Å². The first-order chi connectivity index (χ1) is 12.2. The van der Waals surface area contributed by atoms with Crippen LogP contribution in [0.3, 0.4) is 0 Å². The highest BCUT2D eigenvalue weighted by atomic mass is 19.4. The average Bonchev–Trinajstić information content (AvgIpc) is 2.55. The Hall–Kier alpha value is -1.20. The van der Waals surface area contributed by atoms with E-state index in [0.29, 0.717) is 25.9 Å². The largest absolute Gasteiger partial charge is 0.460 e. The van der Waals surface area contributed by atoms with Gasteiger partial charge in [-0.25, -0.2) is 4.79 Å². The Morgan fingerprint density at radius 1 is 0.778 bits per heavy atom. The van der Waals surface area contributed by atoms with Crippen molar-refractivity contribution in [2.45, 2.75) is 63.5 Å². The van der Waals surface area contributed by atoms with Crippen LogP contribution in [0, 0.1) is 0 Å². The van der Waals surface area contributed by atoms with Crippen LogP contribution in [-0.4, -0.2) is 61.1 Å². The van der Waals surface area contributed by atoms with E-state index in [4.69, 9.17) is 0 Å². The highest BCUT2D eigenvalue weighted by Gasteiger charge is 2.84. The fraction of sp³-hybridized carbons (Fsp3) is 0.933. The third-order valence-corrected chi connectivity index (χ3v) is 3.70. The minimum Gasteiger partial charge on any atom is -0.460 e. The van der Waals surface area contributed by atoms with Crippen molar-refractivity contribution in [2.24, 2.45) is 0 Å². The molecule has 0 aliphatic rings. The normalized spacial score (nSPS) is 13.9. The zero-order chi connectivity index (χ0) is 21.5. The topological polar surface area (TPSA) is 29.5 Å². The molecular formula is C15H22F9NO2. The molecule has 0 aliphatic carbocycles. The number of hydrogen-bond donors (Lipinski definition) is 0. The first kappa shape index (κ1) is 25.8. The Balaban J connectivity index is 5.00. The van der Waals surface area contributed by atoms with Crippen LogP contribution in [0.1, 0.15) is 39.5 Å². The molecule has 0 amide bonds. The van der Waals surface area contributed by atoms with Crippen molar-refractivity contribution in [3.05, 3.63) is 0 Å². The van der Waals surface area contributed by atoms with Crippen molar-refractivity contribution in [1.82, 2.24) is 4.90 Å². The number of hydrogen-bond acceptors (Lipinski definition) is 3. The van der Waals surface area contributed by atoms with Gasteiger partial charge in [0.25, 0.3) is 0 Å². The van der Waals surface area contributed by atoms with E-state index in [1.54, 1.807) is 4.90 Å². The number of carbonyl (C=O) groups is 1. The lowest BCUT2D eigenvalue weighted by atomic mass is 10.0. The predicted molar refractivity (Wildman–Crippen MR) is 78.1 cm³/mol. The molecule has 0 unspecified atom stereocenters. The molecule has 0 aliphatic heterocycles. The lowest BCUT2D eigenvalue weighted by Gasteiger charge is -2.32. The highest BCUT2D eigenvalue weighted by Crippen LogP contribution is 2.53. The molecule has 0 aromatic rings. The molecule has 27 heavy (non-hydrogen) atoms. The van der Waals surface area contributed by atoms with Crippen LogP contribution in [0.4, 0.5) is 39.5 Å². The first-order valence-corrected chi connectivity index (χ1v) is 8.26. The fourth-order valence-electron chi connectivity index (χ4n) is 1.96. The van der Waals surface area contributed by atoms with E-state index in [2.05, 4.69) is 4.74 Å². The number of rotatable bonds is 12. The van der Waals surface area contributed by atoms with Crippen molar-refractivity contribution in [3.63, 3.8) is 0 Å². The van der Waals surface area contributed by atoms with E-state index in [0.717, 1.165) is 12.8 Å². The molecule has 162 valence electrons. The molecule has 0 rings (SSSR count). The summed E-state index contributed by atoms with van der Waals surface area (Å²) in [5.41, 5.74) is 0. The summed E-state index contributed by atoms with van der Waals surface area (Å²) < 4.78 is 118. The van der Waals surface area contributed by atoms with Crippen LogP contribution >= 0.6 is 0 Å². The molecule has 0 bridgehead atoms. The van der Waals surface area contributed by atoms with Gasteiger partial charge in [-0.2, -0.15) is 39.5 Å². The van der Waals surface area contributed by atoms with Crippen molar-refractivity contribution in [1.29, 1.82) is 0 Å². The third-order valence-electron chi connectivity index (χ3n) is 3.70. The minimum atomic E-state index is -7.11. The molecule has 0 N–H and O–H groups in total. The van der Waals surface area contributed by atoms with Crippen molar-refractivity contribution in [2.75, 3.05) is 26.2 Å². The van der Waals surface area contributed by atoms with E-state index in [-0.39, 0.29) is 6.54 Å². The summed E-state index contributed by atoms with van der Waals surface area (Å²) >= 11 is 0. The third kappa shape index (κ3) is 6.15. The Morgan fingerprint density at radius 3 is 1.59 bits per heavy atom. The maximum Gasteiger partial charge on any atom is 0.460 e. The fourth-order valence-corrected chi connectivity index (χ4v) is 1.96. The van der Waals surface area contributed by atoms with Gasteiger partial charge in [0.15, 0.2) is 0 Å². The summed E-state index contributed by atoms with van der Waals surface area (Å²) in [5.74, 6) is -23.6. The summed E-state index contributed by atoms with van der Waals surface area (Å²) in [5, 5.41) is 0. The van der Waals surface area contributed by atoms with Gasteiger partial charge in [-0.15, -0.1) is 0 Å². The molecule has 3 nitrogen and oxygen atoms in total. The van der Waals surface area contributed by atoms with Gasteiger partial charge in [-0.1, -0.05) is 26.7 Å². The maximum atomic E-state index is 13.3. The molecule has 0 aromatic carbocycles. The molecule has 12 heteroatoms. The summed E-state index contributed by atoms with van der Waals surface area (Å²) in [6.45, 7) is 3.74. The number of esters is 1. The van der Waals surface area contributed by atoms with Crippen LogP contribution in [-0.2, 0) is 9.53 Å². The van der Waals surface area contributed by atoms with Gasteiger partial charge < -0.3 is 4.74 Å².